The third-order valence-corrected chi connectivity index (χ3v) is 8.10. The van der Waals surface area contributed by atoms with Crippen molar-refractivity contribution >= 4 is 52.6 Å². The normalized spacial score (nSPS) is 18.4. The van der Waals surface area contributed by atoms with E-state index in [1.165, 1.54) is 24.3 Å². The minimum Gasteiger partial charge on any atom is -0.874 e. The molecule has 6 amide bonds. The molecule has 2 atom stereocenters. The van der Waals surface area contributed by atoms with Gasteiger partial charge in [0.25, 0.3) is 23.6 Å². The van der Waals surface area contributed by atoms with E-state index in [1.807, 2.05) is 0 Å². The Morgan fingerprint density at radius 3 is 1.65 bits per heavy atom. The number of piperidine rings is 1. The minimum absolute atomic E-state index is 0.213. The van der Waals surface area contributed by atoms with Gasteiger partial charge in [-0.3, -0.25) is 44.2 Å². The molecule has 2 heterocycles. The first-order chi connectivity index (χ1) is 24.6. The van der Waals surface area contributed by atoms with Crippen molar-refractivity contribution in [1.82, 2.24) is 10.6 Å². The summed E-state index contributed by atoms with van der Waals surface area (Å²) < 4.78 is 0. The molecule has 1 saturated heterocycles. The van der Waals surface area contributed by atoms with Crippen LogP contribution in [0, 0.1) is 0 Å². The lowest BCUT2D eigenvalue weighted by Crippen LogP contribution is -2.46. The Morgan fingerprint density at radius 1 is 0.608 bits per heavy atom. The molecule has 2 unspecified atom stereocenters. The van der Waals surface area contributed by atoms with Gasteiger partial charge in [0.2, 0.25) is 11.8 Å². The molecule has 2 aliphatic heterocycles. The lowest BCUT2D eigenvalue weighted by molar-refractivity contribution is -0.310. The number of nitrogens with one attached hydrogen (secondary N) is 4. The SMILES string of the molecule is O=C1NC(=O)C(c2cccc(NC(=O)c3ccccc3)c2)C(=O)C1=CC=CC1=C([O-])C(c2cccc(NC(=O)c3ccccc3)c2)C(=O)NC1=O. The number of ketones is 1. The average molecular weight is 680 g/mol. The summed E-state index contributed by atoms with van der Waals surface area (Å²) in [5.74, 6) is -9.04. The van der Waals surface area contributed by atoms with Crippen molar-refractivity contribution < 1.29 is 38.7 Å². The van der Waals surface area contributed by atoms with Crippen molar-refractivity contribution in [2.24, 2.45) is 0 Å². The van der Waals surface area contributed by atoms with E-state index in [1.54, 1.807) is 84.9 Å². The fourth-order valence-corrected chi connectivity index (χ4v) is 5.61. The Bertz CT molecular complexity index is 2210. The molecule has 6 rings (SSSR count). The predicted octanol–water partition coefficient (Wildman–Crippen LogP) is 3.04. The Morgan fingerprint density at radius 2 is 1.10 bits per heavy atom. The van der Waals surface area contributed by atoms with E-state index < -0.39 is 70.0 Å². The highest BCUT2D eigenvalue weighted by Gasteiger charge is 2.39. The molecule has 4 aromatic carbocycles. The number of hydrogen-bond acceptors (Lipinski definition) is 8. The van der Waals surface area contributed by atoms with Crippen molar-refractivity contribution in [3.05, 3.63) is 167 Å². The summed E-state index contributed by atoms with van der Waals surface area (Å²) in [4.78, 5) is 89.9. The molecule has 0 saturated carbocycles. The fraction of sp³-hybridized carbons (Fsp3) is 0.0513. The van der Waals surface area contributed by atoms with E-state index in [0.29, 0.717) is 22.5 Å². The second kappa shape index (κ2) is 14.5. The van der Waals surface area contributed by atoms with Crippen molar-refractivity contribution in [2.45, 2.75) is 11.8 Å². The highest BCUT2D eigenvalue weighted by atomic mass is 16.3. The number of rotatable bonds is 8. The third-order valence-electron chi connectivity index (χ3n) is 8.10. The zero-order chi connectivity index (χ0) is 36.1. The van der Waals surface area contributed by atoms with Crippen molar-refractivity contribution in [2.75, 3.05) is 10.6 Å². The summed E-state index contributed by atoms with van der Waals surface area (Å²) in [7, 11) is 0. The first kappa shape index (κ1) is 33.7. The van der Waals surface area contributed by atoms with E-state index in [-0.39, 0.29) is 11.1 Å². The zero-order valence-corrected chi connectivity index (χ0v) is 26.5. The number of benzene rings is 4. The van der Waals surface area contributed by atoms with Gasteiger partial charge in [-0.05, 0) is 65.7 Å². The predicted molar refractivity (Wildman–Crippen MR) is 183 cm³/mol. The Hall–Kier alpha value is -7.21. The number of carbonyl (C=O) groups is 7. The maximum Gasteiger partial charge on any atom is 0.261 e. The van der Waals surface area contributed by atoms with Crippen LogP contribution in [0.4, 0.5) is 11.4 Å². The third kappa shape index (κ3) is 7.29. The number of anilines is 2. The number of allylic oxidation sites excluding steroid dienone is 2. The van der Waals surface area contributed by atoms with Crippen LogP contribution in [0.3, 0.4) is 0 Å². The summed E-state index contributed by atoms with van der Waals surface area (Å²) in [6, 6.07) is 29.0. The fourth-order valence-electron chi connectivity index (χ4n) is 5.61. The zero-order valence-electron chi connectivity index (χ0n) is 26.5. The van der Waals surface area contributed by atoms with Gasteiger partial charge in [0.1, 0.15) is 5.92 Å². The molecule has 51 heavy (non-hydrogen) atoms. The van der Waals surface area contributed by atoms with E-state index in [4.69, 9.17) is 0 Å². The first-order valence-corrected chi connectivity index (χ1v) is 15.6. The van der Waals surface area contributed by atoms with Gasteiger partial charge in [-0.25, -0.2) is 0 Å². The summed E-state index contributed by atoms with van der Waals surface area (Å²) in [6.45, 7) is 0. The monoisotopic (exact) mass is 679 g/mol. The van der Waals surface area contributed by atoms with Crippen molar-refractivity contribution in [3.63, 3.8) is 0 Å². The van der Waals surface area contributed by atoms with Crippen LogP contribution in [-0.2, 0) is 24.0 Å². The van der Waals surface area contributed by atoms with Gasteiger partial charge in [-0.2, -0.15) is 0 Å². The topological polar surface area (TPSA) is 191 Å². The Labute approximate surface area is 290 Å². The van der Waals surface area contributed by atoms with Crippen LogP contribution in [0.25, 0.3) is 0 Å². The molecule has 0 aliphatic carbocycles. The standard InChI is InChI=1S/C39H28N4O8/c44-32-28(36(48)42-38(50)30(32)24-14-7-16-26(20-24)40-34(46)22-10-3-1-4-11-22)18-9-19-29-33(45)31(39(51)43-37(29)49)25-15-8-17-27(21-25)41-35(47)23-12-5-2-6-13-23/h1-21,30-31,44H,(H,40,46)(H,41,47)(H,42,48,50)(H,43,49,51)/p-1. The molecule has 0 radical (unpaired) electrons. The maximum absolute atomic E-state index is 13.5. The lowest BCUT2D eigenvalue weighted by Gasteiger charge is -2.30. The van der Waals surface area contributed by atoms with E-state index in [0.717, 1.165) is 18.2 Å². The van der Waals surface area contributed by atoms with Gasteiger partial charge in [0.05, 0.1) is 11.5 Å². The summed E-state index contributed by atoms with van der Waals surface area (Å²) in [5.41, 5.74) is 1.01. The van der Waals surface area contributed by atoms with E-state index in [2.05, 4.69) is 21.3 Å². The molecule has 1 fully saturated rings. The molecule has 4 aromatic rings. The van der Waals surface area contributed by atoms with Crippen LogP contribution in [-0.4, -0.2) is 41.2 Å². The van der Waals surface area contributed by atoms with Gasteiger partial charge in [0, 0.05) is 28.1 Å². The van der Waals surface area contributed by atoms with Gasteiger partial charge in [0.15, 0.2) is 5.78 Å². The van der Waals surface area contributed by atoms with Crippen LogP contribution in [0.2, 0.25) is 0 Å². The van der Waals surface area contributed by atoms with Crippen LogP contribution >= 0.6 is 0 Å². The number of imide groups is 2. The summed E-state index contributed by atoms with van der Waals surface area (Å²) >= 11 is 0. The average Bonchev–Trinajstić information content (AvgIpc) is 3.11. The van der Waals surface area contributed by atoms with Crippen LogP contribution in [0.5, 0.6) is 0 Å². The van der Waals surface area contributed by atoms with E-state index in [9.17, 15) is 38.7 Å². The Kier molecular flexibility index (Phi) is 9.58. The molecule has 2 aliphatic rings. The highest BCUT2D eigenvalue weighted by molar-refractivity contribution is 6.34. The molecule has 12 nitrogen and oxygen atoms in total. The number of amides is 6. The van der Waals surface area contributed by atoms with Gasteiger partial charge in [-0.15, -0.1) is 5.76 Å². The quantitative estimate of drug-likeness (QED) is 0.0946. The molecule has 0 bridgehead atoms. The molecular formula is C39H27N4O8-. The smallest absolute Gasteiger partial charge is 0.261 e. The second-order valence-electron chi connectivity index (χ2n) is 11.5. The van der Waals surface area contributed by atoms with E-state index >= 15 is 0 Å². The maximum atomic E-state index is 13.5. The largest absolute Gasteiger partial charge is 0.874 e. The molecule has 4 N–H and O–H groups in total. The number of Topliss-reactive ketones (excluding diaryl/α,β-unsaturated/α-hetero) is 1. The molecule has 12 heteroatoms. The number of hydrogen-bond donors (Lipinski definition) is 4. The van der Waals surface area contributed by atoms with Gasteiger partial charge >= 0.3 is 0 Å². The van der Waals surface area contributed by atoms with Crippen LogP contribution < -0.4 is 26.4 Å². The lowest BCUT2D eigenvalue weighted by atomic mass is 9.86. The molecule has 0 aromatic heterocycles. The van der Waals surface area contributed by atoms with Crippen molar-refractivity contribution in [1.29, 1.82) is 0 Å². The molecule has 252 valence electrons. The second-order valence-corrected chi connectivity index (χ2v) is 11.5. The van der Waals surface area contributed by atoms with Gasteiger partial charge in [-0.1, -0.05) is 72.8 Å². The number of carbonyl (C=O) groups excluding carboxylic acids is 7. The minimum atomic E-state index is -1.43. The Balaban J connectivity index is 1.22. The molecular weight excluding hydrogens is 652 g/mol. The van der Waals surface area contributed by atoms with Gasteiger partial charge < -0.3 is 15.7 Å². The van der Waals surface area contributed by atoms with Crippen molar-refractivity contribution in [3.8, 4) is 0 Å². The summed E-state index contributed by atoms with van der Waals surface area (Å²) in [5, 5.41) is 23.2. The highest BCUT2D eigenvalue weighted by Crippen LogP contribution is 2.30. The van der Waals surface area contributed by atoms with Crippen LogP contribution in [0.15, 0.2) is 144 Å². The molecule has 0 spiro atoms. The summed E-state index contributed by atoms with van der Waals surface area (Å²) in [6.07, 6.45) is 3.26. The van der Waals surface area contributed by atoms with Crippen LogP contribution in [0.1, 0.15) is 43.7 Å². The first-order valence-electron chi connectivity index (χ1n) is 15.6.